The van der Waals surface area contributed by atoms with Crippen molar-refractivity contribution in [3.63, 3.8) is 0 Å². The van der Waals surface area contributed by atoms with Crippen LogP contribution in [0.2, 0.25) is 5.02 Å². The van der Waals surface area contributed by atoms with Crippen molar-refractivity contribution in [1.29, 1.82) is 0 Å². The van der Waals surface area contributed by atoms with Crippen molar-refractivity contribution in [2.75, 3.05) is 18.0 Å². The highest BCUT2D eigenvalue weighted by molar-refractivity contribution is 6.36. The van der Waals surface area contributed by atoms with E-state index in [9.17, 15) is 4.79 Å². The fraction of sp³-hybridized carbons (Fsp3) is 0.208. The van der Waals surface area contributed by atoms with Gasteiger partial charge in [0.25, 0.3) is 0 Å². The summed E-state index contributed by atoms with van der Waals surface area (Å²) >= 11 is 6.43. The Hall–Kier alpha value is -3.65. The van der Waals surface area contributed by atoms with Crippen LogP contribution in [0.3, 0.4) is 0 Å². The normalized spacial score (nSPS) is 19.6. The van der Waals surface area contributed by atoms with Gasteiger partial charge in [0.15, 0.2) is 5.82 Å². The van der Waals surface area contributed by atoms with E-state index in [0.29, 0.717) is 40.3 Å². The number of fused-ring (bicyclic) bond motifs is 3. The van der Waals surface area contributed by atoms with Crippen molar-refractivity contribution in [3.05, 3.63) is 66.6 Å². The molecule has 0 aliphatic carbocycles. The van der Waals surface area contributed by atoms with E-state index < -0.39 is 5.82 Å². The van der Waals surface area contributed by atoms with Crippen LogP contribution in [0.25, 0.3) is 32.9 Å². The van der Waals surface area contributed by atoms with Gasteiger partial charge < -0.3 is 9.80 Å². The van der Waals surface area contributed by atoms with E-state index in [1.165, 1.54) is 12.4 Å². The van der Waals surface area contributed by atoms with Gasteiger partial charge in [-0.1, -0.05) is 30.3 Å². The van der Waals surface area contributed by atoms with Gasteiger partial charge in [0.05, 0.1) is 17.5 Å². The second-order valence-corrected chi connectivity index (χ2v) is 8.62. The van der Waals surface area contributed by atoms with Crippen LogP contribution in [0.15, 0.2) is 55.8 Å². The Balaban J connectivity index is 1.43. The number of pyridine rings is 2. The Bertz CT molecular complexity index is 1450. The number of carbonyl (C=O) groups is 1. The molecule has 33 heavy (non-hydrogen) atoms. The first-order valence-electron chi connectivity index (χ1n) is 10.6. The number of halogens is 2. The van der Waals surface area contributed by atoms with Gasteiger partial charge in [-0.2, -0.15) is 0 Å². The van der Waals surface area contributed by atoms with Crippen molar-refractivity contribution in [2.24, 2.45) is 0 Å². The number of amides is 1. The predicted molar refractivity (Wildman–Crippen MR) is 124 cm³/mol. The minimum Gasteiger partial charge on any atom is -0.349 e. The van der Waals surface area contributed by atoms with Gasteiger partial charge in [-0.15, -0.1) is 0 Å². The molecule has 0 spiro atoms. The molecule has 1 amide bonds. The number of rotatable bonds is 3. The molecule has 6 rings (SSSR count). The van der Waals surface area contributed by atoms with Crippen LogP contribution in [0.4, 0.5) is 10.2 Å². The Morgan fingerprint density at radius 2 is 2.06 bits per heavy atom. The zero-order valence-electron chi connectivity index (χ0n) is 17.4. The number of hydrogen-bond acceptors (Lipinski definition) is 6. The zero-order valence-corrected chi connectivity index (χ0v) is 18.2. The highest BCUT2D eigenvalue weighted by Crippen LogP contribution is 2.40. The average molecular weight is 461 g/mol. The van der Waals surface area contributed by atoms with Crippen molar-refractivity contribution in [1.82, 2.24) is 24.8 Å². The highest BCUT2D eigenvalue weighted by atomic mass is 35.5. The maximum absolute atomic E-state index is 15.8. The molecule has 0 radical (unpaired) electrons. The number of carbonyl (C=O) groups excluding carboxylic acids is 1. The first-order valence-corrected chi connectivity index (χ1v) is 11.0. The van der Waals surface area contributed by atoms with Crippen LogP contribution in [0, 0.1) is 5.82 Å². The lowest BCUT2D eigenvalue weighted by Gasteiger charge is -2.47. The molecule has 1 aromatic carbocycles. The van der Waals surface area contributed by atoms with Gasteiger partial charge in [-0.3, -0.25) is 14.8 Å². The molecule has 0 saturated carbocycles. The largest absolute Gasteiger partial charge is 0.349 e. The summed E-state index contributed by atoms with van der Waals surface area (Å²) in [6.45, 7) is 4.89. The number of anilines is 1. The molecule has 2 aliphatic heterocycles. The topological polar surface area (TPSA) is 75.1 Å². The first kappa shape index (κ1) is 20.0. The van der Waals surface area contributed by atoms with Crippen LogP contribution in [0.5, 0.6) is 0 Å². The predicted octanol–water partition coefficient (Wildman–Crippen LogP) is 4.01. The molecule has 164 valence electrons. The summed E-state index contributed by atoms with van der Waals surface area (Å²) < 4.78 is 15.8. The number of nitrogens with zero attached hydrogens (tertiary/aromatic N) is 6. The molecule has 5 heterocycles. The molecule has 7 nitrogen and oxygen atoms in total. The Kier molecular flexibility index (Phi) is 4.51. The van der Waals surface area contributed by atoms with Gasteiger partial charge in [-0.05, 0) is 18.6 Å². The van der Waals surface area contributed by atoms with E-state index in [1.807, 2.05) is 17.0 Å². The third kappa shape index (κ3) is 2.90. The summed E-state index contributed by atoms with van der Waals surface area (Å²) in [4.78, 5) is 33.4. The first-order chi connectivity index (χ1) is 16.1. The maximum Gasteiger partial charge on any atom is 0.246 e. The summed E-state index contributed by atoms with van der Waals surface area (Å²) in [6.07, 6.45) is 8.40. The van der Waals surface area contributed by atoms with Gasteiger partial charge in [-0.25, -0.2) is 14.4 Å². The lowest BCUT2D eigenvalue weighted by atomic mass is 9.96. The molecule has 3 aromatic heterocycles. The quantitative estimate of drug-likeness (QED) is 0.430. The van der Waals surface area contributed by atoms with Gasteiger partial charge >= 0.3 is 0 Å². The highest BCUT2D eigenvalue weighted by Gasteiger charge is 2.49. The fourth-order valence-electron chi connectivity index (χ4n) is 5.02. The number of benzene rings is 1. The number of aromatic nitrogens is 4. The minimum absolute atomic E-state index is 0.0607. The Morgan fingerprint density at radius 1 is 1.18 bits per heavy atom. The van der Waals surface area contributed by atoms with Crippen molar-refractivity contribution in [2.45, 2.75) is 18.5 Å². The molecular weight excluding hydrogens is 443 g/mol. The standard InChI is InChI=1S/C24H18ClFN6O/c1-2-19(33)31-7-6-17-18(31)11-32(17)24-15-10-28-22(21(26)23(15)29-12-30-24)14-9-27-8-13-4-3-5-16(25)20(13)14/h2-5,8-10,12,17-18H,1,6-7,11H2/t17-,18-/m1/s1. The van der Waals surface area contributed by atoms with Crippen LogP contribution < -0.4 is 4.90 Å². The average Bonchev–Trinajstić information content (AvgIpc) is 3.15. The molecule has 0 bridgehead atoms. The summed E-state index contributed by atoms with van der Waals surface area (Å²) in [5.74, 6) is 0.0212. The van der Waals surface area contributed by atoms with Crippen molar-refractivity contribution in [3.8, 4) is 11.3 Å². The second-order valence-electron chi connectivity index (χ2n) is 8.22. The smallest absolute Gasteiger partial charge is 0.246 e. The molecule has 0 unspecified atom stereocenters. The molecule has 4 aromatic rings. The number of likely N-dealkylation sites (tertiary alicyclic amines) is 1. The van der Waals surface area contributed by atoms with Crippen LogP contribution >= 0.6 is 11.6 Å². The van der Waals surface area contributed by atoms with E-state index in [4.69, 9.17) is 11.6 Å². The third-order valence-corrected chi connectivity index (χ3v) is 6.93. The third-order valence-electron chi connectivity index (χ3n) is 6.61. The maximum atomic E-state index is 15.8. The molecular formula is C24H18ClFN6O. The van der Waals surface area contributed by atoms with Crippen molar-refractivity contribution >= 4 is 45.0 Å². The fourth-order valence-corrected chi connectivity index (χ4v) is 5.30. The van der Waals surface area contributed by atoms with Crippen LogP contribution in [0.1, 0.15) is 6.42 Å². The molecule has 2 fully saturated rings. The summed E-state index contributed by atoms with van der Waals surface area (Å²) in [6, 6.07) is 5.71. The van der Waals surface area contributed by atoms with E-state index in [2.05, 4.69) is 31.4 Å². The molecule has 2 saturated heterocycles. The second kappa shape index (κ2) is 7.45. The molecule has 2 aliphatic rings. The molecule has 0 N–H and O–H groups in total. The summed E-state index contributed by atoms with van der Waals surface area (Å²) in [7, 11) is 0. The lowest BCUT2D eigenvalue weighted by Crippen LogP contribution is -2.63. The Morgan fingerprint density at radius 3 is 2.91 bits per heavy atom. The number of hydrogen-bond donors (Lipinski definition) is 0. The van der Waals surface area contributed by atoms with Gasteiger partial charge in [0, 0.05) is 53.0 Å². The van der Waals surface area contributed by atoms with E-state index in [1.54, 1.807) is 24.7 Å². The van der Waals surface area contributed by atoms with Crippen LogP contribution in [-0.2, 0) is 4.79 Å². The monoisotopic (exact) mass is 460 g/mol. The minimum atomic E-state index is -0.544. The Labute approximate surface area is 193 Å². The van der Waals surface area contributed by atoms with Gasteiger partial charge in [0.2, 0.25) is 5.91 Å². The molecule has 9 heteroatoms. The summed E-state index contributed by atoms with van der Waals surface area (Å²) in [5.41, 5.74) is 0.842. The summed E-state index contributed by atoms with van der Waals surface area (Å²) in [5, 5.41) is 2.53. The van der Waals surface area contributed by atoms with E-state index >= 15 is 4.39 Å². The van der Waals surface area contributed by atoms with Crippen molar-refractivity contribution < 1.29 is 9.18 Å². The molecule has 2 atom stereocenters. The zero-order chi connectivity index (χ0) is 22.7. The lowest BCUT2D eigenvalue weighted by molar-refractivity contribution is -0.127. The van der Waals surface area contributed by atoms with E-state index in [0.717, 1.165) is 11.8 Å². The van der Waals surface area contributed by atoms with Gasteiger partial charge in [0.1, 0.15) is 23.4 Å². The van der Waals surface area contributed by atoms with Crippen LogP contribution in [-0.4, -0.2) is 55.9 Å². The van der Waals surface area contributed by atoms with E-state index in [-0.39, 0.29) is 29.2 Å². The SMILES string of the molecule is C=CC(=O)N1CC[C@@H]2[C@H]1CN2c1ncnc2c(F)c(-c3cncc4cccc(Cl)c34)ncc12.